The summed E-state index contributed by atoms with van der Waals surface area (Å²) in [5.74, 6) is 1.87. The van der Waals surface area contributed by atoms with E-state index >= 15 is 0 Å². The SMILES string of the molecule is CCNCCCCN1CCC(C(C)C)CC1. The Morgan fingerprint density at radius 3 is 2.44 bits per heavy atom. The van der Waals surface area contributed by atoms with Crippen molar-refractivity contribution >= 4 is 0 Å². The topological polar surface area (TPSA) is 15.3 Å². The molecule has 0 unspecified atom stereocenters. The highest BCUT2D eigenvalue weighted by Crippen LogP contribution is 2.24. The molecule has 0 radical (unpaired) electrons. The second kappa shape index (κ2) is 8.08. The second-order valence-electron chi connectivity index (χ2n) is 5.48. The van der Waals surface area contributed by atoms with Crippen LogP contribution in [0.1, 0.15) is 46.5 Å². The molecule has 0 aliphatic carbocycles. The molecule has 0 aromatic carbocycles. The van der Waals surface area contributed by atoms with Crippen LogP contribution in [-0.4, -0.2) is 37.6 Å². The quantitative estimate of drug-likeness (QED) is 0.672. The van der Waals surface area contributed by atoms with Gasteiger partial charge in [-0.1, -0.05) is 20.8 Å². The molecule has 0 saturated carbocycles. The number of hydrogen-bond donors (Lipinski definition) is 1. The van der Waals surface area contributed by atoms with Crippen LogP contribution in [0.5, 0.6) is 0 Å². The number of nitrogens with zero attached hydrogens (tertiary/aromatic N) is 1. The number of piperidine rings is 1. The maximum absolute atomic E-state index is 3.39. The lowest BCUT2D eigenvalue weighted by atomic mass is 9.87. The van der Waals surface area contributed by atoms with Gasteiger partial charge in [0.05, 0.1) is 0 Å². The Hall–Kier alpha value is -0.0800. The van der Waals surface area contributed by atoms with Crippen molar-refractivity contribution in [3.8, 4) is 0 Å². The van der Waals surface area contributed by atoms with E-state index < -0.39 is 0 Å². The third kappa shape index (κ3) is 5.31. The molecule has 2 heteroatoms. The first-order chi connectivity index (χ1) is 7.74. The van der Waals surface area contributed by atoms with E-state index in [2.05, 4.69) is 31.0 Å². The summed E-state index contributed by atoms with van der Waals surface area (Å²) in [5.41, 5.74) is 0. The summed E-state index contributed by atoms with van der Waals surface area (Å²) in [6, 6.07) is 0. The lowest BCUT2D eigenvalue weighted by Crippen LogP contribution is -2.36. The van der Waals surface area contributed by atoms with Gasteiger partial charge in [0.15, 0.2) is 0 Å². The van der Waals surface area contributed by atoms with Crippen LogP contribution in [0.15, 0.2) is 0 Å². The fourth-order valence-corrected chi connectivity index (χ4v) is 2.61. The van der Waals surface area contributed by atoms with E-state index in [4.69, 9.17) is 0 Å². The number of nitrogens with one attached hydrogen (secondary N) is 1. The van der Waals surface area contributed by atoms with Crippen molar-refractivity contribution in [1.82, 2.24) is 10.2 Å². The largest absolute Gasteiger partial charge is 0.317 e. The van der Waals surface area contributed by atoms with Crippen molar-refractivity contribution in [1.29, 1.82) is 0 Å². The van der Waals surface area contributed by atoms with Crippen LogP contribution < -0.4 is 5.32 Å². The Labute approximate surface area is 102 Å². The summed E-state index contributed by atoms with van der Waals surface area (Å²) in [4.78, 5) is 2.66. The molecule has 96 valence electrons. The molecule has 0 amide bonds. The molecule has 1 rings (SSSR count). The highest BCUT2D eigenvalue weighted by molar-refractivity contribution is 4.74. The minimum Gasteiger partial charge on any atom is -0.317 e. The smallest absolute Gasteiger partial charge is 0.00160 e. The van der Waals surface area contributed by atoms with E-state index in [0.717, 1.165) is 18.4 Å². The van der Waals surface area contributed by atoms with E-state index in [1.54, 1.807) is 0 Å². The van der Waals surface area contributed by atoms with E-state index in [-0.39, 0.29) is 0 Å². The second-order valence-corrected chi connectivity index (χ2v) is 5.48. The minimum absolute atomic E-state index is 0.885. The van der Waals surface area contributed by atoms with Crippen LogP contribution >= 0.6 is 0 Å². The van der Waals surface area contributed by atoms with Gasteiger partial charge in [0.2, 0.25) is 0 Å². The van der Waals surface area contributed by atoms with Crippen molar-refractivity contribution in [2.45, 2.75) is 46.5 Å². The molecular weight excluding hydrogens is 196 g/mol. The molecule has 16 heavy (non-hydrogen) atoms. The summed E-state index contributed by atoms with van der Waals surface area (Å²) in [7, 11) is 0. The molecule has 1 fully saturated rings. The van der Waals surface area contributed by atoms with Crippen LogP contribution in [-0.2, 0) is 0 Å². The van der Waals surface area contributed by atoms with Gasteiger partial charge in [-0.3, -0.25) is 0 Å². The fourth-order valence-electron chi connectivity index (χ4n) is 2.61. The van der Waals surface area contributed by atoms with Crippen LogP contribution in [0.3, 0.4) is 0 Å². The van der Waals surface area contributed by atoms with E-state index in [1.165, 1.54) is 51.9 Å². The molecule has 1 saturated heterocycles. The zero-order chi connectivity index (χ0) is 11.8. The maximum Gasteiger partial charge on any atom is -0.00160 e. The average Bonchev–Trinajstić information content (AvgIpc) is 2.29. The molecule has 0 atom stereocenters. The first-order valence-corrected chi connectivity index (χ1v) is 7.17. The Bertz CT molecular complexity index is 160. The average molecular weight is 226 g/mol. The third-order valence-corrected chi connectivity index (χ3v) is 3.90. The molecule has 1 aliphatic rings. The van der Waals surface area contributed by atoms with E-state index in [9.17, 15) is 0 Å². The van der Waals surface area contributed by atoms with Crippen LogP contribution in [0.2, 0.25) is 0 Å². The lowest BCUT2D eigenvalue weighted by molar-refractivity contribution is 0.156. The predicted octanol–water partition coefficient (Wildman–Crippen LogP) is 2.74. The normalized spacial score (nSPS) is 19.5. The molecule has 1 N–H and O–H groups in total. The van der Waals surface area contributed by atoms with Gasteiger partial charge in [0.25, 0.3) is 0 Å². The molecule has 1 aliphatic heterocycles. The number of likely N-dealkylation sites (tertiary alicyclic amines) is 1. The van der Waals surface area contributed by atoms with Crippen molar-refractivity contribution in [3.05, 3.63) is 0 Å². The summed E-state index contributed by atoms with van der Waals surface area (Å²) in [6.07, 6.45) is 5.53. The summed E-state index contributed by atoms with van der Waals surface area (Å²) in [6.45, 7) is 13.2. The number of rotatable bonds is 7. The first kappa shape index (κ1) is 14.0. The van der Waals surface area contributed by atoms with E-state index in [1.807, 2.05) is 0 Å². The third-order valence-electron chi connectivity index (χ3n) is 3.90. The summed E-state index contributed by atoms with van der Waals surface area (Å²) < 4.78 is 0. The monoisotopic (exact) mass is 226 g/mol. The number of unbranched alkanes of at least 4 members (excludes halogenated alkanes) is 1. The van der Waals surface area contributed by atoms with Crippen molar-refractivity contribution in [2.24, 2.45) is 11.8 Å². The molecule has 2 nitrogen and oxygen atoms in total. The van der Waals surface area contributed by atoms with Gasteiger partial charge in [0.1, 0.15) is 0 Å². The van der Waals surface area contributed by atoms with Crippen LogP contribution in [0, 0.1) is 11.8 Å². The first-order valence-electron chi connectivity index (χ1n) is 7.17. The Morgan fingerprint density at radius 1 is 1.19 bits per heavy atom. The van der Waals surface area contributed by atoms with Crippen molar-refractivity contribution < 1.29 is 0 Å². The highest BCUT2D eigenvalue weighted by atomic mass is 15.1. The van der Waals surface area contributed by atoms with Gasteiger partial charge >= 0.3 is 0 Å². The van der Waals surface area contributed by atoms with E-state index in [0.29, 0.717) is 0 Å². The van der Waals surface area contributed by atoms with Gasteiger partial charge in [-0.05, 0) is 70.2 Å². The van der Waals surface area contributed by atoms with Crippen LogP contribution in [0.25, 0.3) is 0 Å². The predicted molar refractivity (Wildman–Crippen MR) is 71.8 cm³/mol. The molecule has 0 aromatic rings. The Balaban J connectivity index is 1.99. The molecular formula is C14H30N2. The maximum atomic E-state index is 3.39. The molecule has 0 spiro atoms. The zero-order valence-corrected chi connectivity index (χ0v) is 11.5. The van der Waals surface area contributed by atoms with Gasteiger partial charge in [-0.15, -0.1) is 0 Å². The van der Waals surface area contributed by atoms with Gasteiger partial charge < -0.3 is 10.2 Å². The van der Waals surface area contributed by atoms with Gasteiger partial charge in [0, 0.05) is 0 Å². The lowest BCUT2D eigenvalue weighted by Gasteiger charge is -2.33. The Kier molecular flexibility index (Phi) is 7.06. The van der Waals surface area contributed by atoms with Crippen LogP contribution in [0.4, 0.5) is 0 Å². The fraction of sp³-hybridized carbons (Fsp3) is 1.00. The standard InChI is InChI=1S/C14H30N2/c1-4-15-9-5-6-10-16-11-7-14(8-12-16)13(2)3/h13-15H,4-12H2,1-3H3. The highest BCUT2D eigenvalue weighted by Gasteiger charge is 2.20. The molecule has 0 bridgehead atoms. The zero-order valence-electron chi connectivity index (χ0n) is 11.5. The summed E-state index contributed by atoms with van der Waals surface area (Å²) >= 11 is 0. The van der Waals surface area contributed by atoms with Crippen molar-refractivity contribution in [3.63, 3.8) is 0 Å². The van der Waals surface area contributed by atoms with Gasteiger partial charge in [-0.25, -0.2) is 0 Å². The van der Waals surface area contributed by atoms with Gasteiger partial charge in [-0.2, -0.15) is 0 Å². The Morgan fingerprint density at radius 2 is 1.88 bits per heavy atom. The number of hydrogen-bond acceptors (Lipinski definition) is 2. The molecule has 1 heterocycles. The molecule has 0 aromatic heterocycles. The minimum atomic E-state index is 0.885. The van der Waals surface area contributed by atoms with Crippen molar-refractivity contribution in [2.75, 3.05) is 32.7 Å². The summed E-state index contributed by atoms with van der Waals surface area (Å²) in [5, 5.41) is 3.39.